The molecule has 2 N–H and O–H groups in total. The number of aromatic nitrogens is 3. The van der Waals surface area contributed by atoms with Crippen molar-refractivity contribution in [2.24, 2.45) is 11.8 Å². The molecule has 1 saturated carbocycles. The fourth-order valence-electron chi connectivity index (χ4n) is 3.14. The van der Waals surface area contributed by atoms with Gasteiger partial charge < -0.3 is 15.1 Å². The fraction of sp³-hybridized carbons (Fsp3) is 0.412. The highest BCUT2D eigenvalue weighted by atomic mass is 19.4. The first-order valence-corrected chi connectivity index (χ1v) is 8.53. The minimum atomic E-state index is -5.08. The van der Waals surface area contributed by atoms with Crippen molar-refractivity contribution in [3.63, 3.8) is 0 Å². The second kappa shape index (κ2) is 7.54. The highest BCUT2D eigenvalue weighted by Gasteiger charge is 2.71. The van der Waals surface area contributed by atoms with Crippen LogP contribution in [0.4, 0.5) is 27.8 Å². The third kappa shape index (κ3) is 4.49. The fourth-order valence-corrected chi connectivity index (χ4v) is 3.14. The average Bonchev–Trinajstić information content (AvgIpc) is 3.11. The number of piperidine rings is 1. The van der Waals surface area contributed by atoms with Crippen LogP contribution in [0.5, 0.6) is 0 Å². The standard InChI is InChI=1S/C15H14F2N4O2.C2HF3O2/c16-15(17)11-7-20(8-12(11)15)13-2-1-9(3-18-13)5-21-6-10(4-19-21)14(22)23;3-2(4,5)1(6)7/h1-4,6,11-12H,5,7-8H2,(H,22,23);(H,6,7). The summed E-state index contributed by atoms with van der Waals surface area (Å²) in [5.41, 5.74) is 0.996. The minimum Gasteiger partial charge on any atom is -0.478 e. The van der Waals surface area contributed by atoms with Crippen LogP contribution in [0.25, 0.3) is 0 Å². The molecule has 1 saturated heterocycles. The number of alkyl halides is 5. The van der Waals surface area contributed by atoms with E-state index in [9.17, 15) is 26.7 Å². The van der Waals surface area contributed by atoms with Crippen LogP contribution < -0.4 is 4.90 Å². The van der Waals surface area contributed by atoms with Crippen LogP contribution in [0.3, 0.4) is 0 Å². The average molecular weight is 434 g/mol. The Morgan fingerprint density at radius 2 is 1.73 bits per heavy atom. The number of rotatable bonds is 4. The zero-order valence-corrected chi connectivity index (χ0v) is 15.1. The Bertz CT molecular complexity index is 930. The molecule has 2 atom stereocenters. The van der Waals surface area contributed by atoms with E-state index in [1.165, 1.54) is 17.1 Å². The second-order valence-electron chi connectivity index (χ2n) is 6.85. The molecule has 0 radical (unpaired) electrons. The number of aliphatic carboxylic acids is 1. The Morgan fingerprint density at radius 3 is 2.17 bits per heavy atom. The van der Waals surface area contributed by atoms with Gasteiger partial charge >= 0.3 is 18.1 Å². The number of fused-ring (bicyclic) bond motifs is 1. The van der Waals surface area contributed by atoms with Crippen molar-refractivity contribution in [3.05, 3.63) is 41.9 Å². The van der Waals surface area contributed by atoms with Crippen molar-refractivity contribution in [1.29, 1.82) is 0 Å². The summed E-state index contributed by atoms with van der Waals surface area (Å²) < 4.78 is 59.7. The van der Waals surface area contributed by atoms with Gasteiger partial charge in [-0.1, -0.05) is 6.07 Å². The molecule has 162 valence electrons. The van der Waals surface area contributed by atoms with Crippen LogP contribution in [0.2, 0.25) is 0 Å². The van der Waals surface area contributed by atoms with Crippen molar-refractivity contribution in [2.45, 2.75) is 18.6 Å². The molecule has 1 aliphatic carbocycles. The van der Waals surface area contributed by atoms with Gasteiger partial charge in [0.05, 0.1) is 30.1 Å². The zero-order valence-electron chi connectivity index (χ0n) is 15.1. The monoisotopic (exact) mass is 434 g/mol. The summed E-state index contributed by atoms with van der Waals surface area (Å²) >= 11 is 0. The van der Waals surface area contributed by atoms with E-state index < -0.39 is 35.9 Å². The Kier molecular flexibility index (Phi) is 5.39. The molecular formula is C17H15F5N4O4. The number of hydrogen-bond donors (Lipinski definition) is 2. The van der Waals surface area contributed by atoms with Gasteiger partial charge in [0.2, 0.25) is 0 Å². The molecule has 2 aromatic rings. The van der Waals surface area contributed by atoms with Crippen molar-refractivity contribution >= 4 is 17.8 Å². The summed E-state index contributed by atoms with van der Waals surface area (Å²) in [6, 6.07) is 3.66. The molecule has 2 aromatic heterocycles. The lowest BCUT2D eigenvalue weighted by Crippen LogP contribution is -2.28. The predicted octanol–water partition coefficient (Wildman–Crippen LogP) is 2.36. The number of halogens is 5. The van der Waals surface area contributed by atoms with Gasteiger partial charge in [-0.2, -0.15) is 18.3 Å². The molecule has 13 heteroatoms. The van der Waals surface area contributed by atoms with E-state index in [0.717, 1.165) is 5.56 Å². The lowest BCUT2D eigenvalue weighted by Gasteiger charge is -2.20. The molecule has 8 nitrogen and oxygen atoms in total. The number of nitrogens with zero attached hydrogens (tertiary/aromatic N) is 4. The SMILES string of the molecule is O=C(O)C(F)(F)F.O=C(O)c1cnn(Cc2ccc(N3CC4C(C3)C4(F)F)nc2)c1. The summed E-state index contributed by atoms with van der Waals surface area (Å²) in [6.07, 6.45) is -0.674. The number of carbonyl (C=O) groups is 2. The summed E-state index contributed by atoms with van der Waals surface area (Å²) in [4.78, 5) is 25.9. The third-order valence-corrected chi connectivity index (χ3v) is 4.80. The first-order valence-electron chi connectivity index (χ1n) is 8.53. The van der Waals surface area contributed by atoms with Crippen molar-refractivity contribution < 1.29 is 41.8 Å². The number of carboxylic acid groups (broad SMARTS) is 2. The summed E-state index contributed by atoms with van der Waals surface area (Å²) in [6.45, 7) is 1.11. The summed E-state index contributed by atoms with van der Waals surface area (Å²) in [5.74, 6) is -6.62. The number of pyridine rings is 1. The van der Waals surface area contributed by atoms with E-state index in [2.05, 4.69) is 10.1 Å². The second-order valence-corrected chi connectivity index (χ2v) is 6.85. The van der Waals surface area contributed by atoms with Crippen LogP contribution in [-0.2, 0) is 11.3 Å². The molecule has 2 unspecified atom stereocenters. The molecule has 2 aliphatic rings. The molecule has 1 aliphatic heterocycles. The van der Waals surface area contributed by atoms with E-state index in [-0.39, 0.29) is 5.56 Å². The van der Waals surface area contributed by atoms with Crippen LogP contribution in [-0.4, -0.2) is 62.1 Å². The minimum absolute atomic E-state index is 0.131. The van der Waals surface area contributed by atoms with Gasteiger partial charge in [0.1, 0.15) is 5.82 Å². The van der Waals surface area contributed by atoms with Crippen LogP contribution in [0.1, 0.15) is 15.9 Å². The lowest BCUT2D eigenvalue weighted by atomic mass is 10.2. The van der Waals surface area contributed by atoms with Crippen LogP contribution in [0, 0.1) is 11.8 Å². The molecular weight excluding hydrogens is 419 g/mol. The molecule has 0 amide bonds. The highest BCUT2D eigenvalue weighted by Crippen LogP contribution is 2.59. The molecule has 30 heavy (non-hydrogen) atoms. The van der Waals surface area contributed by atoms with Gasteiger partial charge in [-0.25, -0.2) is 23.4 Å². The molecule has 0 spiro atoms. The maximum Gasteiger partial charge on any atom is 0.490 e. The predicted molar refractivity (Wildman–Crippen MR) is 90.4 cm³/mol. The smallest absolute Gasteiger partial charge is 0.478 e. The van der Waals surface area contributed by atoms with E-state index >= 15 is 0 Å². The molecule has 2 fully saturated rings. The van der Waals surface area contributed by atoms with Crippen molar-refractivity contribution in [1.82, 2.24) is 14.8 Å². The Morgan fingerprint density at radius 1 is 1.13 bits per heavy atom. The maximum absolute atomic E-state index is 13.2. The summed E-state index contributed by atoms with van der Waals surface area (Å²) in [5, 5.41) is 20.0. The Hall–Kier alpha value is -3.25. The molecule has 0 bridgehead atoms. The van der Waals surface area contributed by atoms with Crippen molar-refractivity contribution in [2.75, 3.05) is 18.0 Å². The van der Waals surface area contributed by atoms with Gasteiger partial charge in [0.15, 0.2) is 0 Å². The van der Waals surface area contributed by atoms with Crippen LogP contribution in [0.15, 0.2) is 30.7 Å². The van der Waals surface area contributed by atoms with E-state index in [0.29, 0.717) is 25.5 Å². The van der Waals surface area contributed by atoms with E-state index in [1.54, 1.807) is 12.3 Å². The van der Waals surface area contributed by atoms with E-state index in [1.807, 2.05) is 11.0 Å². The lowest BCUT2D eigenvalue weighted by molar-refractivity contribution is -0.192. The third-order valence-electron chi connectivity index (χ3n) is 4.80. The first kappa shape index (κ1) is 21.5. The molecule has 0 aromatic carbocycles. The van der Waals surface area contributed by atoms with Gasteiger partial charge in [-0.05, 0) is 11.6 Å². The highest BCUT2D eigenvalue weighted by molar-refractivity contribution is 5.86. The topological polar surface area (TPSA) is 109 Å². The molecule has 3 heterocycles. The number of hydrogen-bond acceptors (Lipinski definition) is 5. The Balaban J connectivity index is 0.000000318. The van der Waals surface area contributed by atoms with Gasteiger partial charge in [0.25, 0.3) is 5.92 Å². The normalized spacial score (nSPS) is 21.4. The largest absolute Gasteiger partial charge is 0.490 e. The number of anilines is 1. The first-order chi connectivity index (χ1) is 13.9. The zero-order chi connectivity index (χ0) is 22.3. The van der Waals surface area contributed by atoms with Gasteiger partial charge in [0, 0.05) is 25.5 Å². The quantitative estimate of drug-likeness (QED) is 0.712. The Labute approximate surface area is 165 Å². The molecule has 4 rings (SSSR count). The van der Waals surface area contributed by atoms with E-state index in [4.69, 9.17) is 15.0 Å². The summed E-state index contributed by atoms with van der Waals surface area (Å²) in [7, 11) is 0. The number of aromatic carboxylic acids is 1. The van der Waals surface area contributed by atoms with Gasteiger partial charge in [-0.3, -0.25) is 4.68 Å². The number of carboxylic acids is 2. The maximum atomic E-state index is 13.2. The van der Waals surface area contributed by atoms with Crippen LogP contribution >= 0.6 is 0 Å². The van der Waals surface area contributed by atoms with Gasteiger partial charge in [-0.15, -0.1) is 0 Å². The van der Waals surface area contributed by atoms with Crippen molar-refractivity contribution in [3.8, 4) is 0 Å².